The Hall–Kier alpha value is -3.01. The maximum atomic E-state index is 5.91. The summed E-state index contributed by atoms with van der Waals surface area (Å²) < 4.78 is 9.46. The third-order valence-corrected chi connectivity index (χ3v) is 6.54. The van der Waals surface area contributed by atoms with Crippen LogP contribution in [0.2, 0.25) is 5.02 Å². The predicted octanol–water partition coefficient (Wildman–Crippen LogP) is 3.62. The van der Waals surface area contributed by atoms with Crippen LogP contribution >= 0.6 is 11.6 Å². The summed E-state index contributed by atoms with van der Waals surface area (Å²) in [6.07, 6.45) is 4.42. The zero-order valence-corrected chi connectivity index (χ0v) is 20.2. The Morgan fingerprint density at radius 1 is 1.12 bits per heavy atom. The summed E-state index contributed by atoms with van der Waals surface area (Å²) in [5, 5.41) is 10.3. The highest BCUT2D eigenvalue weighted by atomic mass is 35.5. The maximum Gasteiger partial charge on any atom is 0.192 e. The molecule has 178 valence electrons. The first kappa shape index (κ1) is 22.8. The lowest BCUT2D eigenvalue weighted by atomic mass is 10.2. The maximum absolute atomic E-state index is 5.91. The normalized spacial score (nSPS) is 15.1. The van der Waals surface area contributed by atoms with Crippen molar-refractivity contribution in [1.82, 2.24) is 29.0 Å². The highest BCUT2D eigenvalue weighted by molar-refractivity contribution is 6.30. The molecule has 0 N–H and O–H groups in total. The van der Waals surface area contributed by atoms with Gasteiger partial charge in [-0.3, -0.25) is 4.90 Å². The van der Waals surface area contributed by atoms with Crippen LogP contribution in [0.4, 0.5) is 0 Å². The molecular weight excluding hydrogens is 454 g/mol. The van der Waals surface area contributed by atoms with E-state index in [0.29, 0.717) is 10.8 Å². The molecule has 0 bridgehead atoms. The largest absolute Gasteiger partial charge is 0.387 e. The number of ether oxygens (including phenoxy) is 1. The molecule has 0 amide bonds. The summed E-state index contributed by atoms with van der Waals surface area (Å²) >= 11 is 5.91. The quantitative estimate of drug-likeness (QED) is 0.282. The van der Waals surface area contributed by atoms with Crippen molar-refractivity contribution >= 4 is 34.5 Å². The van der Waals surface area contributed by atoms with Crippen molar-refractivity contribution in [3.63, 3.8) is 0 Å². The van der Waals surface area contributed by atoms with Crippen molar-refractivity contribution in [2.45, 2.75) is 33.4 Å². The molecule has 5 rings (SSSR count). The number of hydrogen-bond donors (Lipinski definition) is 0. The van der Waals surface area contributed by atoms with Gasteiger partial charge in [0.25, 0.3) is 0 Å². The van der Waals surface area contributed by atoms with Gasteiger partial charge in [0.2, 0.25) is 0 Å². The lowest BCUT2D eigenvalue weighted by molar-refractivity contribution is 0.0369. The molecule has 0 radical (unpaired) electrons. The zero-order chi connectivity index (χ0) is 23.5. The van der Waals surface area contributed by atoms with E-state index in [-0.39, 0.29) is 6.61 Å². The Morgan fingerprint density at radius 3 is 2.71 bits per heavy atom. The van der Waals surface area contributed by atoms with Crippen LogP contribution in [0.5, 0.6) is 0 Å². The van der Waals surface area contributed by atoms with Gasteiger partial charge in [-0.05, 0) is 43.5 Å². The lowest BCUT2D eigenvalue weighted by Gasteiger charge is -2.26. The van der Waals surface area contributed by atoms with Gasteiger partial charge in [0.05, 0.1) is 24.8 Å². The minimum Gasteiger partial charge on any atom is -0.387 e. The fraction of sp³-hybridized carbons (Fsp3) is 0.417. The third-order valence-electron chi connectivity index (χ3n) is 6.29. The number of rotatable bonds is 8. The second-order valence-electron chi connectivity index (χ2n) is 8.47. The number of benzene rings is 1. The summed E-state index contributed by atoms with van der Waals surface area (Å²) in [7, 11) is 0. The lowest BCUT2D eigenvalue weighted by Crippen LogP contribution is -2.37. The van der Waals surface area contributed by atoms with Crippen molar-refractivity contribution in [2.75, 3.05) is 32.8 Å². The Balaban J connectivity index is 1.30. The number of aryl methyl sites for hydroxylation is 2. The molecule has 0 unspecified atom stereocenters. The van der Waals surface area contributed by atoms with Gasteiger partial charge in [-0.25, -0.2) is 14.5 Å². The van der Waals surface area contributed by atoms with E-state index in [4.69, 9.17) is 31.1 Å². The van der Waals surface area contributed by atoms with Crippen molar-refractivity contribution in [3.8, 4) is 0 Å². The van der Waals surface area contributed by atoms with Gasteiger partial charge in [0.1, 0.15) is 12.0 Å². The standard InChI is InChI=1S/C24H28ClN7O2/c1-17-18(2)31(9-3-8-30-10-12-33-13-11-30)23-22(17)24-28-21(29-32(24)16-26-23)15-34-27-14-19-4-6-20(25)7-5-19/h4-7,14,16H,3,8-13,15H2,1-2H3/b27-14-. The van der Waals surface area contributed by atoms with E-state index in [1.807, 2.05) is 24.3 Å². The summed E-state index contributed by atoms with van der Waals surface area (Å²) in [6, 6.07) is 7.36. The molecule has 0 aliphatic carbocycles. The van der Waals surface area contributed by atoms with Gasteiger partial charge in [0.15, 0.2) is 18.1 Å². The number of hydrogen-bond acceptors (Lipinski definition) is 7. The molecule has 0 spiro atoms. The summed E-state index contributed by atoms with van der Waals surface area (Å²) in [6.45, 7) is 10.1. The predicted molar refractivity (Wildman–Crippen MR) is 131 cm³/mol. The van der Waals surface area contributed by atoms with Gasteiger partial charge in [-0.1, -0.05) is 28.9 Å². The van der Waals surface area contributed by atoms with Crippen LogP contribution in [-0.4, -0.2) is 68.1 Å². The Labute approximate surface area is 202 Å². The molecule has 0 saturated carbocycles. The second-order valence-corrected chi connectivity index (χ2v) is 8.90. The molecule has 3 aromatic heterocycles. The molecule has 1 aromatic carbocycles. The van der Waals surface area contributed by atoms with Crippen LogP contribution in [-0.2, 0) is 22.7 Å². The second kappa shape index (κ2) is 10.1. The Bertz CT molecular complexity index is 1310. The average Bonchev–Trinajstić information content (AvgIpc) is 3.37. The first-order valence-electron chi connectivity index (χ1n) is 11.5. The summed E-state index contributed by atoms with van der Waals surface area (Å²) in [4.78, 5) is 17.3. The molecule has 1 aliphatic rings. The number of aromatic nitrogens is 5. The molecule has 1 fully saturated rings. The minimum absolute atomic E-state index is 0.172. The van der Waals surface area contributed by atoms with Crippen LogP contribution < -0.4 is 0 Å². The van der Waals surface area contributed by atoms with E-state index in [2.05, 4.69) is 33.6 Å². The van der Waals surface area contributed by atoms with Gasteiger partial charge in [0, 0.05) is 36.9 Å². The molecule has 34 heavy (non-hydrogen) atoms. The topological polar surface area (TPSA) is 82.1 Å². The van der Waals surface area contributed by atoms with Gasteiger partial charge < -0.3 is 14.1 Å². The van der Waals surface area contributed by atoms with Crippen LogP contribution in [0.15, 0.2) is 35.7 Å². The Kier molecular flexibility index (Phi) is 6.75. The zero-order valence-electron chi connectivity index (χ0n) is 19.4. The smallest absolute Gasteiger partial charge is 0.192 e. The first-order chi connectivity index (χ1) is 16.6. The van der Waals surface area contributed by atoms with Crippen molar-refractivity contribution in [3.05, 3.63) is 58.3 Å². The SMILES string of the molecule is Cc1c(C)n(CCCN2CCOCC2)c2ncn3nc(CO/N=C\c4ccc(Cl)cc4)nc3c12. The van der Waals surface area contributed by atoms with Crippen molar-refractivity contribution < 1.29 is 9.57 Å². The molecule has 4 heterocycles. The van der Waals surface area contributed by atoms with Crippen molar-refractivity contribution in [2.24, 2.45) is 5.16 Å². The van der Waals surface area contributed by atoms with Gasteiger partial charge in [-0.15, -0.1) is 5.10 Å². The number of morpholine rings is 1. The average molecular weight is 482 g/mol. The van der Waals surface area contributed by atoms with Crippen LogP contribution in [0, 0.1) is 13.8 Å². The number of fused-ring (bicyclic) bond motifs is 3. The van der Waals surface area contributed by atoms with Crippen LogP contribution in [0.25, 0.3) is 16.7 Å². The summed E-state index contributed by atoms with van der Waals surface area (Å²) in [5.74, 6) is 0.555. The summed E-state index contributed by atoms with van der Waals surface area (Å²) in [5.41, 5.74) is 5.04. The van der Waals surface area contributed by atoms with E-state index in [9.17, 15) is 0 Å². The molecule has 4 aromatic rings. The molecule has 0 atom stereocenters. The van der Waals surface area contributed by atoms with Crippen LogP contribution in [0.1, 0.15) is 29.1 Å². The van der Waals surface area contributed by atoms with Gasteiger partial charge in [-0.2, -0.15) is 0 Å². The van der Waals surface area contributed by atoms with E-state index >= 15 is 0 Å². The van der Waals surface area contributed by atoms with E-state index in [0.717, 1.165) is 68.1 Å². The molecular formula is C24H28ClN7O2. The molecule has 9 nitrogen and oxygen atoms in total. The highest BCUT2D eigenvalue weighted by Gasteiger charge is 2.18. The molecule has 1 saturated heterocycles. The van der Waals surface area contributed by atoms with Crippen LogP contribution in [0.3, 0.4) is 0 Å². The van der Waals surface area contributed by atoms with E-state index in [1.165, 1.54) is 11.3 Å². The monoisotopic (exact) mass is 481 g/mol. The third kappa shape index (κ3) is 4.77. The fourth-order valence-electron chi connectivity index (χ4n) is 4.33. The van der Waals surface area contributed by atoms with Crippen molar-refractivity contribution in [1.29, 1.82) is 0 Å². The van der Waals surface area contributed by atoms with Gasteiger partial charge >= 0.3 is 0 Å². The van der Waals surface area contributed by atoms with E-state index < -0.39 is 0 Å². The Morgan fingerprint density at radius 2 is 1.91 bits per heavy atom. The molecule has 1 aliphatic heterocycles. The van der Waals surface area contributed by atoms with E-state index in [1.54, 1.807) is 17.1 Å². The fourth-order valence-corrected chi connectivity index (χ4v) is 4.45. The number of nitrogens with zero attached hydrogens (tertiary/aromatic N) is 7. The number of oxime groups is 1. The minimum atomic E-state index is 0.172. The molecule has 10 heteroatoms. The first-order valence-corrected chi connectivity index (χ1v) is 11.9. The highest BCUT2D eigenvalue weighted by Crippen LogP contribution is 2.27. The number of halogens is 1.